The van der Waals surface area contributed by atoms with Gasteiger partial charge in [-0.25, -0.2) is 12.7 Å². The highest BCUT2D eigenvalue weighted by atomic mass is 35.5. The Bertz CT molecular complexity index is 915. The first-order chi connectivity index (χ1) is 12.2. The van der Waals surface area contributed by atoms with Crippen LogP contribution in [0.1, 0.15) is 10.4 Å². The average Bonchev–Trinajstić information content (AvgIpc) is 2.60. The molecule has 0 spiro atoms. The van der Waals surface area contributed by atoms with Crippen LogP contribution in [0, 0.1) is 0 Å². The normalized spacial score (nSPS) is 11.2. The van der Waals surface area contributed by atoms with Crippen LogP contribution in [0.25, 0.3) is 0 Å². The van der Waals surface area contributed by atoms with Crippen molar-refractivity contribution in [2.75, 3.05) is 26.0 Å². The monoisotopic (exact) mass is 395 g/mol. The molecule has 0 radical (unpaired) electrons. The summed E-state index contributed by atoms with van der Waals surface area (Å²) in [5, 5.41) is 5.14. The number of rotatable bonds is 6. The van der Waals surface area contributed by atoms with Crippen molar-refractivity contribution in [2.24, 2.45) is 0 Å². The minimum Gasteiger partial charge on any atom is -0.343 e. The first-order valence-corrected chi connectivity index (χ1v) is 9.39. The third kappa shape index (κ3) is 4.81. The number of carbonyl (C=O) groups is 2. The van der Waals surface area contributed by atoms with Gasteiger partial charge in [0.05, 0.1) is 22.0 Å². The molecule has 0 bridgehead atoms. The second kappa shape index (κ2) is 8.31. The van der Waals surface area contributed by atoms with E-state index in [1.165, 1.54) is 32.3 Å². The predicted octanol–water partition coefficient (Wildman–Crippen LogP) is 1.96. The van der Waals surface area contributed by atoms with Gasteiger partial charge in [-0.15, -0.1) is 0 Å². The maximum absolute atomic E-state index is 12.3. The second-order valence-corrected chi connectivity index (χ2v) is 8.08. The van der Waals surface area contributed by atoms with Gasteiger partial charge >= 0.3 is 0 Å². The number of para-hydroxylation sites is 1. The lowest BCUT2D eigenvalue weighted by atomic mass is 10.2. The molecule has 0 aliphatic carbocycles. The Hall–Kier alpha value is -2.42. The molecule has 2 aromatic carbocycles. The lowest BCUT2D eigenvalue weighted by Gasteiger charge is -2.13. The molecule has 26 heavy (non-hydrogen) atoms. The summed E-state index contributed by atoms with van der Waals surface area (Å²) in [4.78, 5) is 24.1. The summed E-state index contributed by atoms with van der Waals surface area (Å²) in [5.74, 6) is -1.06. The number of carbonyl (C=O) groups excluding carboxylic acids is 2. The van der Waals surface area contributed by atoms with Gasteiger partial charge < -0.3 is 10.6 Å². The maximum Gasteiger partial charge on any atom is 0.253 e. The maximum atomic E-state index is 12.3. The fraction of sp³-hybridized carbons (Fsp3) is 0.176. The smallest absolute Gasteiger partial charge is 0.253 e. The molecule has 138 valence electrons. The summed E-state index contributed by atoms with van der Waals surface area (Å²) >= 11 is 6.00. The quantitative estimate of drug-likeness (QED) is 0.781. The van der Waals surface area contributed by atoms with Gasteiger partial charge in [0.25, 0.3) is 5.91 Å². The van der Waals surface area contributed by atoms with E-state index in [4.69, 9.17) is 11.6 Å². The van der Waals surface area contributed by atoms with Crippen LogP contribution < -0.4 is 10.6 Å². The van der Waals surface area contributed by atoms with Crippen molar-refractivity contribution in [3.8, 4) is 0 Å². The van der Waals surface area contributed by atoms with Gasteiger partial charge in [0.2, 0.25) is 15.9 Å². The zero-order valence-electron chi connectivity index (χ0n) is 14.2. The van der Waals surface area contributed by atoms with Crippen LogP contribution in [0.5, 0.6) is 0 Å². The molecule has 2 rings (SSSR count). The first-order valence-electron chi connectivity index (χ1n) is 7.57. The van der Waals surface area contributed by atoms with Crippen molar-refractivity contribution in [1.82, 2.24) is 9.62 Å². The number of nitrogens with one attached hydrogen (secondary N) is 2. The predicted molar refractivity (Wildman–Crippen MR) is 99.7 cm³/mol. The number of sulfonamides is 1. The van der Waals surface area contributed by atoms with Crippen LogP contribution in [0.3, 0.4) is 0 Å². The molecule has 2 N–H and O–H groups in total. The van der Waals surface area contributed by atoms with Gasteiger partial charge in [-0.2, -0.15) is 0 Å². The van der Waals surface area contributed by atoms with Crippen LogP contribution in [0.4, 0.5) is 5.69 Å². The van der Waals surface area contributed by atoms with E-state index >= 15 is 0 Å². The van der Waals surface area contributed by atoms with Crippen molar-refractivity contribution in [2.45, 2.75) is 4.90 Å². The molecule has 0 fully saturated rings. The van der Waals surface area contributed by atoms with Crippen molar-refractivity contribution in [1.29, 1.82) is 0 Å². The van der Waals surface area contributed by atoms with Crippen LogP contribution in [0.15, 0.2) is 53.4 Å². The Labute approximate surface area is 157 Å². The molecule has 9 heteroatoms. The molecule has 2 amide bonds. The van der Waals surface area contributed by atoms with E-state index in [1.807, 2.05) is 6.07 Å². The van der Waals surface area contributed by atoms with E-state index in [1.54, 1.807) is 24.3 Å². The number of anilines is 1. The van der Waals surface area contributed by atoms with Gasteiger partial charge in [0, 0.05) is 19.8 Å². The van der Waals surface area contributed by atoms with Crippen molar-refractivity contribution in [3.63, 3.8) is 0 Å². The largest absolute Gasteiger partial charge is 0.343 e. The Morgan fingerprint density at radius 3 is 2.35 bits per heavy atom. The summed E-state index contributed by atoms with van der Waals surface area (Å²) < 4.78 is 25.4. The zero-order chi connectivity index (χ0) is 19.3. The molecule has 0 atom stereocenters. The highest BCUT2D eigenvalue weighted by Gasteiger charge is 2.21. The van der Waals surface area contributed by atoms with E-state index < -0.39 is 21.8 Å². The highest BCUT2D eigenvalue weighted by Crippen LogP contribution is 2.22. The Balaban J connectivity index is 2.08. The van der Waals surface area contributed by atoms with Gasteiger partial charge in [-0.05, 0) is 30.3 Å². The number of benzene rings is 2. The molecule has 0 unspecified atom stereocenters. The summed E-state index contributed by atoms with van der Waals surface area (Å²) in [7, 11) is -0.933. The summed E-state index contributed by atoms with van der Waals surface area (Å²) in [5.41, 5.74) is 0.575. The number of amides is 2. The fourth-order valence-corrected chi connectivity index (χ4v) is 3.16. The van der Waals surface area contributed by atoms with Crippen LogP contribution in [0.2, 0.25) is 5.02 Å². The first kappa shape index (κ1) is 19.9. The van der Waals surface area contributed by atoms with E-state index in [2.05, 4.69) is 10.6 Å². The minimum atomic E-state index is -3.71. The van der Waals surface area contributed by atoms with Gasteiger partial charge in [0.1, 0.15) is 0 Å². The fourth-order valence-electron chi connectivity index (χ4n) is 2.03. The molecular weight excluding hydrogens is 378 g/mol. The summed E-state index contributed by atoms with van der Waals surface area (Å²) in [6.45, 7) is -0.283. The van der Waals surface area contributed by atoms with E-state index in [0.29, 0.717) is 5.69 Å². The molecule has 0 aliphatic rings. The minimum absolute atomic E-state index is 0.0258. The number of hydrogen-bond donors (Lipinski definition) is 2. The molecule has 0 saturated carbocycles. The second-order valence-electron chi connectivity index (χ2n) is 5.53. The van der Waals surface area contributed by atoms with Crippen LogP contribution >= 0.6 is 11.6 Å². The van der Waals surface area contributed by atoms with Crippen molar-refractivity contribution >= 4 is 39.1 Å². The van der Waals surface area contributed by atoms with E-state index in [-0.39, 0.29) is 22.0 Å². The van der Waals surface area contributed by atoms with Gasteiger partial charge in [-0.1, -0.05) is 29.8 Å². The Kier molecular flexibility index (Phi) is 6.36. The molecule has 0 aromatic heterocycles. The summed E-state index contributed by atoms with van der Waals surface area (Å²) in [6.07, 6.45) is 0. The third-order valence-electron chi connectivity index (χ3n) is 3.43. The standard InChI is InChI=1S/C17H18ClN3O4S/c1-21(2)26(24,25)13-8-9-15(18)14(10-13)17(23)19-11-16(22)20-12-6-4-3-5-7-12/h3-10H,11H2,1-2H3,(H,19,23)(H,20,22). The highest BCUT2D eigenvalue weighted by molar-refractivity contribution is 7.89. The van der Waals surface area contributed by atoms with Crippen LogP contribution in [-0.4, -0.2) is 45.2 Å². The lowest BCUT2D eigenvalue weighted by Crippen LogP contribution is -2.33. The molecule has 0 saturated heterocycles. The topological polar surface area (TPSA) is 95.6 Å². The lowest BCUT2D eigenvalue weighted by molar-refractivity contribution is -0.115. The van der Waals surface area contributed by atoms with E-state index in [0.717, 1.165) is 4.31 Å². The third-order valence-corrected chi connectivity index (χ3v) is 5.57. The molecule has 2 aromatic rings. The van der Waals surface area contributed by atoms with Crippen molar-refractivity contribution in [3.05, 3.63) is 59.1 Å². The molecular formula is C17H18ClN3O4S. The summed E-state index contributed by atoms with van der Waals surface area (Å²) in [6, 6.07) is 12.6. The number of halogens is 1. The molecule has 0 aliphatic heterocycles. The molecule has 0 heterocycles. The average molecular weight is 396 g/mol. The number of hydrogen-bond acceptors (Lipinski definition) is 4. The number of nitrogens with zero attached hydrogens (tertiary/aromatic N) is 1. The van der Waals surface area contributed by atoms with Crippen molar-refractivity contribution < 1.29 is 18.0 Å². The Morgan fingerprint density at radius 2 is 1.73 bits per heavy atom. The Morgan fingerprint density at radius 1 is 1.08 bits per heavy atom. The molecule has 7 nitrogen and oxygen atoms in total. The van der Waals surface area contributed by atoms with Crippen LogP contribution in [-0.2, 0) is 14.8 Å². The van der Waals surface area contributed by atoms with E-state index in [9.17, 15) is 18.0 Å². The SMILES string of the molecule is CN(C)S(=O)(=O)c1ccc(Cl)c(C(=O)NCC(=O)Nc2ccccc2)c1. The van der Waals surface area contributed by atoms with Gasteiger partial charge in [0.15, 0.2) is 0 Å². The van der Waals surface area contributed by atoms with Gasteiger partial charge in [-0.3, -0.25) is 9.59 Å². The zero-order valence-corrected chi connectivity index (χ0v) is 15.8.